The second kappa shape index (κ2) is 7.64. The third-order valence-electron chi connectivity index (χ3n) is 2.68. The van der Waals surface area contributed by atoms with Gasteiger partial charge in [-0.3, -0.25) is 4.79 Å². The molecule has 1 amide bonds. The van der Waals surface area contributed by atoms with E-state index >= 15 is 0 Å². The van der Waals surface area contributed by atoms with Crippen molar-refractivity contribution in [2.24, 2.45) is 0 Å². The van der Waals surface area contributed by atoms with E-state index in [0.29, 0.717) is 23.6 Å². The van der Waals surface area contributed by atoms with Gasteiger partial charge in [0.15, 0.2) is 0 Å². The van der Waals surface area contributed by atoms with E-state index < -0.39 is 17.9 Å². The molecular formula is C13H18N2O4S. The third kappa shape index (κ3) is 4.34. The summed E-state index contributed by atoms with van der Waals surface area (Å²) in [7, 11) is 1.42. The normalized spacial score (nSPS) is 11.7. The van der Waals surface area contributed by atoms with Crippen molar-refractivity contribution >= 4 is 29.3 Å². The van der Waals surface area contributed by atoms with Gasteiger partial charge in [0.2, 0.25) is 0 Å². The summed E-state index contributed by atoms with van der Waals surface area (Å²) in [4.78, 5) is 23.2. The van der Waals surface area contributed by atoms with Gasteiger partial charge >= 0.3 is 5.97 Å². The number of carbonyl (C=O) groups is 2. The summed E-state index contributed by atoms with van der Waals surface area (Å²) >= 11 is 1.52. The van der Waals surface area contributed by atoms with E-state index in [-0.39, 0.29) is 5.56 Å². The van der Waals surface area contributed by atoms with E-state index in [9.17, 15) is 9.59 Å². The fourth-order valence-electron chi connectivity index (χ4n) is 1.62. The average Bonchev–Trinajstić information content (AvgIpc) is 2.42. The van der Waals surface area contributed by atoms with E-state index in [1.807, 2.05) is 6.26 Å². The number of anilines is 1. The monoisotopic (exact) mass is 298 g/mol. The molecular weight excluding hydrogens is 280 g/mol. The molecule has 0 radical (unpaired) electrons. The maximum atomic E-state index is 12.1. The first-order valence-electron chi connectivity index (χ1n) is 5.95. The lowest BCUT2D eigenvalue weighted by atomic mass is 10.1. The number of carbonyl (C=O) groups excluding carboxylic acids is 1. The van der Waals surface area contributed by atoms with Crippen LogP contribution in [0.15, 0.2) is 18.2 Å². The maximum Gasteiger partial charge on any atom is 0.326 e. The molecule has 0 aliphatic carbocycles. The van der Waals surface area contributed by atoms with Crippen molar-refractivity contribution in [2.45, 2.75) is 12.5 Å². The van der Waals surface area contributed by atoms with E-state index in [4.69, 9.17) is 15.6 Å². The Balaban J connectivity index is 2.86. The lowest BCUT2D eigenvalue weighted by Gasteiger charge is -2.15. The van der Waals surface area contributed by atoms with Gasteiger partial charge in [-0.15, -0.1) is 0 Å². The number of hydrogen-bond acceptors (Lipinski definition) is 5. The minimum Gasteiger partial charge on any atom is -0.496 e. The number of hydrogen-bond donors (Lipinski definition) is 3. The molecule has 7 heteroatoms. The second-order valence-corrected chi connectivity index (χ2v) is 5.09. The Bertz CT molecular complexity index is 493. The summed E-state index contributed by atoms with van der Waals surface area (Å²) < 4.78 is 5.08. The van der Waals surface area contributed by atoms with Crippen molar-refractivity contribution in [2.75, 3.05) is 24.9 Å². The molecule has 1 atom stereocenters. The Morgan fingerprint density at radius 3 is 2.75 bits per heavy atom. The number of methoxy groups -OCH3 is 1. The zero-order valence-electron chi connectivity index (χ0n) is 11.4. The van der Waals surface area contributed by atoms with Gasteiger partial charge in [0.1, 0.15) is 11.8 Å². The highest BCUT2D eigenvalue weighted by Gasteiger charge is 2.22. The van der Waals surface area contributed by atoms with E-state index in [0.717, 1.165) is 0 Å². The highest BCUT2D eigenvalue weighted by Crippen LogP contribution is 2.21. The largest absolute Gasteiger partial charge is 0.496 e. The third-order valence-corrected chi connectivity index (χ3v) is 3.33. The molecule has 0 spiro atoms. The van der Waals surface area contributed by atoms with Crippen molar-refractivity contribution < 1.29 is 19.4 Å². The molecule has 20 heavy (non-hydrogen) atoms. The van der Waals surface area contributed by atoms with Gasteiger partial charge in [-0.05, 0) is 30.6 Å². The highest BCUT2D eigenvalue weighted by molar-refractivity contribution is 7.98. The zero-order valence-corrected chi connectivity index (χ0v) is 12.2. The Labute approximate surface area is 121 Å². The van der Waals surface area contributed by atoms with Crippen LogP contribution in [0.4, 0.5) is 5.69 Å². The number of benzene rings is 1. The van der Waals surface area contributed by atoms with Gasteiger partial charge < -0.3 is 20.9 Å². The van der Waals surface area contributed by atoms with Crippen LogP contribution in [-0.4, -0.2) is 42.1 Å². The molecule has 6 nitrogen and oxygen atoms in total. The number of thioether (sulfide) groups is 1. The molecule has 0 saturated carbocycles. The number of carboxylic acids is 1. The van der Waals surface area contributed by atoms with Gasteiger partial charge in [0, 0.05) is 11.8 Å². The topological polar surface area (TPSA) is 102 Å². The van der Waals surface area contributed by atoms with Crippen LogP contribution < -0.4 is 15.8 Å². The molecule has 4 N–H and O–H groups in total. The summed E-state index contributed by atoms with van der Waals surface area (Å²) in [5.41, 5.74) is 6.34. The number of nitrogen functional groups attached to an aromatic ring is 1. The van der Waals surface area contributed by atoms with Crippen LogP contribution in [-0.2, 0) is 4.79 Å². The predicted molar refractivity (Wildman–Crippen MR) is 79.3 cm³/mol. The minimum atomic E-state index is -1.05. The number of ether oxygens (including phenoxy) is 1. The van der Waals surface area contributed by atoms with Crippen LogP contribution >= 0.6 is 11.8 Å². The van der Waals surface area contributed by atoms with Gasteiger partial charge in [0.25, 0.3) is 5.91 Å². The lowest BCUT2D eigenvalue weighted by molar-refractivity contribution is -0.139. The average molecular weight is 298 g/mol. The molecule has 0 aliphatic rings. The molecule has 1 rings (SSSR count). The van der Waals surface area contributed by atoms with Gasteiger partial charge in [-0.25, -0.2) is 4.79 Å². The minimum absolute atomic E-state index is 0.261. The Hall–Kier alpha value is -1.89. The number of carboxylic acid groups (broad SMARTS) is 1. The van der Waals surface area contributed by atoms with Gasteiger partial charge in [-0.2, -0.15) is 11.8 Å². The van der Waals surface area contributed by atoms with Crippen LogP contribution in [0.1, 0.15) is 16.8 Å². The summed E-state index contributed by atoms with van der Waals surface area (Å²) in [6.45, 7) is 0. The smallest absolute Gasteiger partial charge is 0.326 e. The molecule has 0 saturated heterocycles. The molecule has 110 valence electrons. The Morgan fingerprint density at radius 1 is 1.50 bits per heavy atom. The number of nitrogens with one attached hydrogen (secondary N) is 1. The first kappa shape index (κ1) is 16.2. The molecule has 0 heterocycles. The molecule has 0 aromatic heterocycles. The fraction of sp³-hybridized carbons (Fsp3) is 0.385. The van der Waals surface area contributed by atoms with Crippen LogP contribution in [0.3, 0.4) is 0 Å². The van der Waals surface area contributed by atoms with Crippen LogP contribution in [0.2, 0.25) is 0 Å². The van der Waals surface area contributed by atoms with Gasteiger partial charge in [0.05, 0.1) is 12.7 Å². The SMILES string of the molecule is COc1cc(N)ccc1C(=O)NC(CCSC)C(=O)O. The van der Waals surface area contributed by atoms with Crippen LogP contribution in [0.5, 0.6) is 5.75 Å². The van der Waals surface area contributed by atoms with Crippen LogP contribution in [0, 0.1) is 0 Å². The standard InChI is InChI=1S/C13H18N2O4S/c1-19-11-7-8(14)3-4-9(11)12(16)15-10(13(17)18)5-6-20-2/h3-4,7,10H,5-6,14H2,1-2H3,(H,15,16)(H,17,18). The van der Waals surface area contributed by atoms with Crippen LogP contribution in [0.25, 0.3) is 0 Å². The first-order valence-corrected chi connectivity index (χ1v) is 7.35. The van der Waals surface area contributed by atoms with Crippen molar-refractivity contribution in [1.82, 2.24) is 5.32 Å². The molecule has 0 aliphatic heterocycles. The lowest BCUT2D eigenvalue weighted by Crippen LogP contribution is -2.41. The van der Waals surface area contributed by atoms with E-state index in [1.54, 1.807) is 6.07 Å². The maximum absolute atomic E-state index is 12.1. The first-order chi connectivity index (χ1) is 9.49. The predicted octanol–water partition coefficient (Wildman–Crippen LogP) is 1.21. The zero-order chi connectivity index (χ0) is 15.1. The van der Waals surface area contributed by atoms with Crippen molar-refractivity contribution in [3.05, 3.63) is 23.8 Å². The second-order valence-electron chi connectivity index (χ2n) is 4.11. The van der Waals surface area contributed by atoms with Crippen molar-refractivity contribution in [3.8, 4) is 5.75 Å². The fourth-order valence-corrected chi connectivity index (χ4v) is 2.10. The molecule has 1 unspecified atom stereocenters. The van der Waals surface area contributed by atoms with Crippen molar-refractivity contribution in [1.29, 1.82) is 0 Å². The Kier molecular flexibility index (Phi) is 6.17. The number of amides is 1. The summed E-state index contributed by atoms with van der Waals surface area (Å²) in [5, 5.41) is 11.6. The summed E-state index contributed by atoms with van der Waals surface area (Å²) in [6, 6.07) is 3.68. The van der Waals surface area contributed by atoms with E-state index in [2.05, 4.69) is 5.32 Å². The van der Waals surface area contributed by atoms with Crippen molar-refractivity contribution in [3.63, 3.8) is 0 Å². The summed E-state index contributed by atoms with van der Waals surface area (Å²) in [5.74, 6) is -0.579. The number of nitrogens with two attached hydrogens (primary N) is 1. The van der Waals surface area contributed by atoms with E-state index in [1.165, 1.54) is 31.0 Å². The molecule has 0 bridgehead atoms. The Morgan fingerprint density at radius 2 is 2.20 bits per heavy atom. The number of rotatable bonds is 7. The molecule has 0 fully saturated rings. The highest BCUT2D eigenvalue weighted by atomic mass is 32.2. The summed E-state index contributed by atoms with van der Waals surface area (Å²) in [6.07, 6.45) is 2.24. The number of aliphatic carboxylic acids is 1. The molecule has 1 aromatic carbocycles. The molecule has 1 aromatic rings. The quantitative estimate of drug-likeness (QED) is 0.654. The van der Waals surface area contributed by atoms with Gasteiger partial charge in [-0.1, -0.05) is 0 Å².